The summed E-state index contributed by atoms with van der Waals surface area (Å²) >= 11 is 6.12. The van der Waals surface area contributed by atoms with Crippen LogP contribution < -0.4 is 16.8 Å². The maximum absolute atomic E-state index is 11.5. The zero-order valence-electron chi connectivity index (χ0n) is 14.8. The molecule has 0 fully saturated rings. The maximum atomic E-state index is 11.5. The second-order valence-electron chi connectivity index (χ2n) is 6.38. The van der Waals surface area contributed by atoms with E-state index in [4.69, 9.17) is 23.1 Å². The standard InChI is InChI=1S/C22H22ClN3O/c23-19-13-11-18(12-14-19)22(16-7-3-1-4-8-16,17-9-5-2-6-10-17)26-15-20(24)21(25)27/h1-14,20,26H,15,24H2,(H2,25,27). The van der Waals surface area contributed by atoms with Crippen LogP contribution in [0.5, 0.6) is 0 Å². The molecule has 1 amide bonds. The van der Waals surface area contributed by atoms with Crippen molar-refractivity contribution in [1.29, 1.82) is 0 Å². The van der Waals surface area contributed by atoms with E-state index in [0.29, 0.717) is 5.02 Å². The number of primary amides is 1. The van der Waals surface area contributed by atoms with Gasteiger partial charge in [-0.05, 0) is 28.8 Å². The summed E-state index contributed by atoms with van der Waals surface area (Å²) < 4.78 is 0. The molecule has 1 atom stereocenters. The first-order valence-corrected chi connectivity index (χ1v) is 9.09. The van der Waals surface area contributed by atoms with Crippen LogP contribution in [0.2, 0.25) is 5.02 Å². The van der Waals surface area contributed by atoms with Gasteiger partial charge in [-0.3, -0.25) is 10.1 Å². The van der Waals surface area contributed by atoms with Gasteiger partial charge in [-0.2, -0.15) is 0 Å². The van der Waals surface area contributed by atoms with E-state index in [0.717, 1.165) is 16.7 Å². The summed E-state index contributed by atoms with van der Waals surface area (Å²) in [6.07, 6.45) is 0. The van der Waals surface area contributed by atoms with Crippen molar-refractivity contribution in [3.05, 3.63) is 107 Å². The number of carbonyl (C=O) groups is 1. The number of nitrogens with one attached hydrogen (secondary N) is 1. The topological polar surface area (TPSA) is 81.1 Å². The van der Waals surface area contributed by atoms with Gasteiger partial charge in [0.15, 0.2) is 0 Å². The highest BCUT2D eigenvalue weighted by atomic mass is 35.5. The molecular formula is C22H22ClN3O. The number of hydrogen-bond donors (Lipinski definition) is 3. The lowest BCUT2D eigenvalue weighted by molar-refractivity contribution is -0.119. The monoisotopic (exact) mass is 379 g/mol. The molecule has 0 heterocycles. The van der Waals surface area contributed by atoms with Crippen LogP contribution >= 0.6 is 11.6 Å². The van der Waals surface area contributed by atoms with Crippen LogP contribution in [0, 0.1) is 0 Å². The Balaban J connectivity index is 2.21. The van der Waals surface area contributed by atoms with E-state index in [1.54, 1.807) is 0 Å². The fourth-order valence-corrected chi connectivity index (χ4v) is 3.37. The quantitative estimate of drug-likeness (QED) is 0.552. The van der Waals surface area contributed by atoms with E-state index < -0.39 is 17.5 Å². The van der Waals surface area contributed by atoms with Gasteiger partial charge in [0.2, 0.25) is 5.91 Å². The number of carbonyl (C=O) groups excluding carboxylic acids is 1. The number of benzene rings is 3. The van der Waals surface area contributed by atoms with Crippen LogP contribution in [0.25, 0.3) is 0 Å². The minimum absolute atomic E-state index is 0.224. The van der Waals surface area contributed by atoms with Gasteiger partial charge < -0.3 is 11.5 Å². The minimum atomic E-state index is -0.802. The van der Waals surface area contributed by atoms with Gasteiger partial charge in [-0.25, -0.2) is 0 Å². The van der Waals surface area contributed by atoms with Crippen molar-refractivity contribution in [2.45, 2.75) is 11.6 Å². The first-order valence-electron chi connectivity index (χ1n) is 8.71. The van der Waals surface area contributed by atoms with Gasteiger partial charge in [0.1, 0.15) is 0 Å². The van der Waals surface area contributed by atoms with Gasteiger partial charge >= 0.3 is 0 Å². The predicted molar refractivity (Wildman–Crippen MR) is 109 cm³/mol. The molecule has 27 heavy (non-hydrogen) atoms. The molecule has 3 aromatic rings. The number of rotatable bonds is 7. The van der Waals surface area contributed by atoms with Crippen molar-refractivity contribution in [2.24, 2.45) is 11.5 Å². The third-order valence-corrected chi connectivity index (χ3v) is 4.90. The molecule has 0 saturated heterocycles. The lowest BCUT2D eigenvalue weighted by atomic mass is 9.77. The zero-order chi connectivity index (χ0) is 19.3. The molecule has 0 radical (unpaired) electrons. The van der Waals surface area contributed by atoms with Crippen molar-refractivity contribution >= 4 is 17.5 Å². The van der Waals surface area contributed by atoms with Crippen LogP contribution in [0.1, 0.15) is 16.7 Å². The van der Waals surface area contributed by atoms with Crippen molar-refractivity contribution in [1.82, 2.24) is 5.32 Å². The number of amides is 1. The highest BCUT2D eigenvalue weighted by molar-refractivity contribution is 6.30. The minimum Gasteiger partial charge on any atom is -0.368 e. The average molecular weight is 380 g/mol. The molecule has 3 rings (SSSR count). The fourth-order valence-electron chi connectivity index (χ4n) is 3.25. The zero-order valence-corrected chi connectivity index (χ0v) is 15.6. The van der Waals surface area contributed by atoms with Crippen LogP contribution in [-0.4, -0.2) is 18.5 Å². The summed E-state index contributed by atoms with van der Waals surface area (Å²) in [5.74, 6) is -0.548. The first kappa shape index (κ1) is 19.1. The lowest BCUT2D eigenvalue weighted by Gasteiger charge is -2.37. The molecule has 0 saturated carbocycles. The number of nitrogens with two attached hydrogens (primary N) is 2. The number of halogens is 1. The Hall–Kier alpha value is -2.66. The smallest absolute Gasteiger partial charge is 0.235 e. The van der Waals surface area contributed by atoms with Crippen LogP contribution in [0.3, 0.4) is 0 Å². The molecule has 5 N–H and O–H groups in total. The van der Waals surface area contributed by atoms with Gasteiger partial charge in [-0.1, -0.05) is 84.4 Å². The van der Waals surface area contributed by atoms with Crippen LogP contribution in [0.15, 0.2) is 84.9 Å². The molecule has 4 nitrogen and oxygen atoms in total. The Morgan fingerprint density at radius 3 is 1.74 bits per heavy atom. The molecule has 1 unspecified atom stereocenters. The van der Waals surface area contributed by atoms with E-state index in [2.05, 4.69) is 5.32 Å². The summed E-state index contributed by atoms with van der Waals surface area (Å²) in [7, 11) is 0. The van der Waals surface area contributed by atoms with Gasteiger partial charge in [-0.15, -0.1) is 0 Å². The molecular weight excluding hydrogens is 358 g/mol. The third-order valence-electron chi connectivity index (χ3n) is 4.64. The summed E-state index contributed by atoms with van der Waals surface area (Å²) in [4.78, 5) is 11.5. The van der Waals surface area contributed by atoms with E-state index in [1.165, 1.54) is 0 Å². The van der Waals surface area contributed by atoms with Crippen molar-refractivity contribution < 1.29 is 4.79 Å². The van der Waals surface area contributed by atoms with Gasteiger partial charge in [0, 0.05) is 11.6 Å². The number of hydrogen-bond acceptors (Lipinski definition) is 3. The van der Waals surface area contributed by atoms with Gasteiger partial charge in [0.25, 0.3) is 0 Å². The fraction of sp³-hybridized carbons (Fsp3) is 0.136. The van der Waals surface area contributed by atoms with Crippen molar-refractivity contribution in [2.75, 3.05) is 6.54 Å². The molecule has 0 aliphatic heterocycles. The highest BCUT2D eigenvalue weighted by Crippen LogP contribution is 2.37. The Morgan fingerprint density at radius 1 is 0.852 bits per heavy atom. The lowest BCUT2D eigenvalue weighted by Crippen LogP contribution is -2.52. The highest BCUT2D eigenvalue weighted by Gasteiger charge is 2.36. The third kappa shape index (κ3) is 4.03. The van der Waals surface area contributed by atoms with E-state index >= 15 is 0 Å². The van der Waals surface area contributed by atoms with Crippen LogP contribution in [-0.2, 0) is 10.3 Å². The second kappa shape index (κ2) is 8.35. The maximum Gasteiger partial charge on any atom is 0.235 e. The second-order valence-corrected chi connectivity index (χ2v) is 6.82. The largest absolute Gasteiger partial charge is 0.368 e. The molecule has 0 aliphatic rings. The molecule has 3 aromatic carbocycles. The Kier molecular flexibility index (Phi) is 5.91. The Bertz CT molecular complexity index is 843. The molecule has 0 aromatic heterocycles. The molecule has 138 valence electrons. The predicted octanol–water partition coefficient (Wildman–Crippen LogP) is 3.03. The Morgan fingerprint density at radius 2 is 1.30 bits per heavy atom. The van der Waals surface area contributed by atoms with Gasteiger partial charge in [0.05, 0.1) is 11.6 Å². The van der Waals surface area contributed by atoms with Crippen LogP contribution in [0.4, 0.5) is 0 Å². The summed E-state index contributed by atoms with van der Waals surface area (Å²) in [5, 5.41) is 4.17. The summed E-state index contributed by atoms with van der Waals surface area (Å²) in [6, 6.07) is 26.9. The van der Waals surface area contributed by atoms with Crippen molar-refractivity contribution in [3.63, 3.8) is 0 Å². The average Bonchev–Trinajstić information content (AvgIpc) is 2.71. The molecule has 0 aliphatic carbocycles. The van der Waals surface area contributed by atoms with Crippen molar-refractivity contribution in [3.8, 4) is 0 Å². The summed E-state index contributed by atoms with van der Waals surface area (Å²) in [5.41, 5.74) is 13.6. The van der Waals surface area contributed by atoms with E-state index in [-0.39, 0.29) is 6.54 Å². The van der Waals surface area contributed by atoms with E-state index in [9.17, 15) is 4.79 Å². The molecule has 0 bridgehead atoms. The molecule has 0 spiro atoms. The Labute approximate surface area is 164 Å². The SMILES string of the molecule is NC(=O)C(N)CNC(c1ccccc1)(c1ccccc1)c1ccc(Cl)cc1. The molecule has 5 heteroatoms. The first-order chi connectivity index (χ1) is 13.0. The normalized spacial score (nSPS) is 12.5. The van der Waals surface area contributed by atoms with E-state index in [1.807, 2.05) is 84.9 Å². The summed E-state index contributed by atoms with van der Waals surface area (Å²) in [6.45, 7) is 0.224.